The Kier molecular flexibility index (Phi) is 5.11. The number of aliphatic hydroxyl groups excluding tert-OH is 1. The molecule has 0 aliphatic carbocycles. The molecule has 1 aliphatic rings. The first-order valence-corrected chi connectivity index (χ1v) is 9.86. The van der Waals surface area contributed by atoms with Crippen LogP contribution in [0.2, 0.25) is 5.02 Å². The van der Waals surface area contributed by atoms with Gasteiger partial charge in [-0.2, -0.15) is 0 Å². The lowest BCUT2D eigenvalue weighted by atomic mass is 10.0. The van der Waals surface area contributed by atoms with Gasteiger partial charge in [0.05, 0.1) is 12.3 Å². The Morgan fingerprint density at radius 1 is 1.08 bits per heavy atom. The van der Waals surface area contributed by atoms with Gasteiger partial charge in [0.25, 0.3) is 0 Å². The molecule has 3 aromatic rings. The lowest BCUT2D eigenvalue weighted by molar-refractivity contribution is 0.311. The molecule has 2 heterocycles. The third-order valence-corrected chi connectivity index (χ3v) is 5.59. The van der Waals surface area contributed by atoms with E-state index in [0.29, 0.717) is 17.4 Å². The van der Waals surface area contributed by atoms with E-state index in [-0.39, 0.29) is 6.61 Å². The lowest BCUT2D eigenvalue weighted by Gasteiger charge is -2.15. The Bertz CT molecular complexity index is 931. The van der Waals surface area contributed by atoms with Crippen molar-refractivity contribution in [1.82, 2.24) is 9.97 Å². The highest BCUT2D eigenvalue weighted by atomic mass is 35.5. The zero-order valence-corrected chi connectivity index (χ0v) is 15.6. The molecule has 6 heteroatoms. The molecular formula is C20H18ClN3OS. The van der Waals surface area contributed by atoms with E-state index >= 15 is 0 Å². The van der Waals surface area contributed by atoms with Crippen LogP contribution in [0.1, 0.15) is 5.56 Å². The first kappa shape index (κ1) is 17.3. The number of rotatable bonds is 4. The zero-order chi connectivity index (χ0) is 17.9. The summed E-state index contributed by atoms with van der Waals surface area (Å²) in [6.07, 6.45) is 0.878. The van der Waals surface area contributed by atoms with Crippen molar-refractivity contribution in [2.24, 2.45) is 0 Å². The summed E-state index contributed by atoms with van der Waals surface area (Å²) in [6.45, 7) is 0.513. The molecule has 2 N–H and O–H groups in total. The molecule has 0 fully saturated rings. The number of anilines is 1. The number of thioether (sulfide) groups is 1. The topological polar surface area (TPSA) is 58.0 Å². The molecule has 0 unspecified atom stereocenters. The van der Waals surface area contributed by atoms with Gasteiger partial charge >= 0.3 is 0 Å². The van der Waals surface area contributed by atoms with Gasteiger partial charge in [-0.05, 0) is 36.8 Å². The quantitative estimate of drug-likeness (QED) is 0.693. The highest BCUT2D eigenvalue weighted by molar-refractivity contribution is 7.99. The highest BCUT2D eigenvalue weighted by Crippen LogP contribution is 2.39. The van der Waals surface area contributed by atoms with E-state index in [2.05, 4.69) is 23.5 Å². The number of hydrogen-bond acceptors (Lipinski definition) is 5. The normalized spacial score (nSPS) is 12.8. The third kappa shape index (κ3) is 3.43. The molecule has 1 aliphatic heterocycles. The molecule has 0 spiro atoms. The summed E-state index contributed by atoms with van der Waals surface area (Å²) in [4.78, 5) is 10.9. The first-order chi connectivity index (χ1) is 12.8. The van der Waals surface area contributed by atoms with Crippen molar-refractivity contribution in [1.29, 1.82) is 0 Å². The Morgan fingerprint density at radius 2 is 1.88 bits per heavy atom. The SMILES string of the molecule is OCCNc1nc(-c2ccc(Cl)cc2)nc2c1CCSc1ccccc1-2. The van der Waals surface area contributed by atoms with Gasteiger partial charge in [-0.3, -0.25) is 0 Å². The average molecular weight is 384 g/mol. The van der Waals surface area contributed by atoms with Gasteiger partial charge in [0.2, 0.25) is 0 Å². The molecule has 26 heavy (non-hydrogen) atoms. The predicted molar refractivity (Wildman–Crippen MR) is 108 cm³/mol. The minimum absolute atomic E-state index is 0.0559. The molecule has 1 aromatic heterocycles. The fraction of sp³-hybridized carbons (Fsp3) is 0.200. The fourth-order valence-electron chi connectivity index (χ4n) is 3.04. The van der Waals surface area contributed by atoms with Crippen LogP contribution in [0.5, 0.6) is 0 Å². The van der Waals surface area contributed by atoms with Crippen LogP contribution in [0.25, 0.3) is 22.6 Å². The van der Waals surface area contributed by atoms with Crippen LogP contribution < -0.4 is 5.32 Å². The first-order valence-electron chi connectivity index (χ1n) is 8.50. The van der Waals surface area contributed by atoms with Gasteiger partial charge in [-0.15, -0.1) is 11.8 Å². The van der Waals surface area contributed by atoms with E-state index < -0.39 is 0 Å². The van der Waals surface area contributed by atoms with Crippen LogP contribution in [0, 0.1) is 0 Å². The summed E-state index contributed by atoms with van der Waals surface area (Å²) < 4.78 is 0. The molecule has 0 saturated heterocycles. The van der Waals surface area contributed by atoms with Crippen LogP contribution in [0.4, 0.5) is 5.82 Å². The van der Waals surface area contributed by atoms with Gasteiger partial charge < -0.3 is 10.4 Å². The maximum Gasteiger partial charge on any atom is 0.162 e. The van der Waals surface area contributed by atoms with Crippen LogP contribution in [-0.2, 0) is 6.42 Å². The molecule has 0 atom stereocenters. The van der Waals surface area contributed by atoms with Gasteiger partial charge in [-0.1, -0.05) is 29.8 Å². The van der Waals surface area contributed by atoms with Crippen molar-refractivity contribution in [2.75, 3.05) is 24.2 Å². The van der Waals surface area contributed by atoms with Crippen molar-refractivity contribution in [3.8, 4) is 22.6 Å². The molecule has 0 saturated carbocycles. The molecular weight excluding hydrogens is 366 g/mol. The largest absolute Gasteiger partial charge is 0.395 e. The molecule has 0 radical (unpaired) electrons. The molecule has 0 amide bonds. The summed E-state index contributed by atoms with van der Waals surface area (Å²) >= 11 is 7.86. The number of fused-ring (bicyclic) bond motifs is 3. The fourth-order valence-corrected chi connectivity index (χ4v) is 4.19. The number of halogens is 1. The Balaban J connectivity index is 1.91. The second-order valence-electron chi connectivity index (χ2n) is 5.97. The molecule has 4 nitrogen and oxygen atoms in total. The van der Waals surface area contributed by atoms with E-state index in [1.165, 1.54) is 4.90 Å². The van der Waals surface area contributed by atoms with Crippen molar-refractivity contribution < 1.29 is 5.11 Å². The Hall–Kier alpha value is -2.08. The summed E-state index contributed by atoms with van der Waals surface area (Å²) in [6, 6.07) is 15.9. The summed E-state index contributed by atoms with van der Waals surface area (Å²) in [7, 11) is 0. The average Bonchev–Trinajstić information content (AvgIpc) is 2.86. The minimum atomic E-state index is 0.0559. The van der Waals surface area contributed by atoms with Gasteiger partial charge in [-0.25, -0.2) is 9.97 Å². The number of nitrogens with zero attached hydrogens (tertiary/aromatic N) is 2. The minimum Gasteiger partial charge on any atom is -0.395 e. The van der Waals surface area contributed by atoms with E-state index in [0.717, 1.165) is 40.4 Å². The highest BCUT2D eigenvalue weighted by Gasteiger charge is 2.21. The number of aliphatic hydroxyl groups is 1. The van der Waals surface area contributed by atoms with Crippen molar-refractivity contribution in [2.45, 2.75) is 11.3 Å². The maximum absolute atomic E-state index is 9.24. The van der Waals surface area contributed by atoms with Crippen molar-refractivity contribution in [3.05, 3.63) is 59.1 Å². The monoisotopic (exact) mass is 383 g/mol. The van der Waals surface area contributed by atoms with Gasteiger partial charge in [0.1, 0.15) is 5.82 Å². The molecule has 0 bridgehead atoms. The summed E-state index contributed by atoms with van der Waals surface area (Å²) in [5.74, 6) is 2.43. The molecule has 132 valence electrons. The summed E-state index contributed by atoms with van der Waals surface area (Å²) in [5, 5.41) is 13.2. The van der Waals surface area contributed by atoms with E-state index in [1.807, 2.05) is 42.1 Å². The maximum atomic E-state index is 9.24. The Morgan fingerprint density at radius 3 is 2.69 bits per heavy atom. The molecule has 4 rings (SSSR count). The lowest BCUT2D eigenvalue weighted by Crippen LogP contribution is -2.12. The van der Waals surface area contributed by atoms with Gasteiger partial charge in [0.15, 0.2) is 5.82 Å². The van der Waals surface area contributed by atoms with Crippen LogP contribution in [-0.4, -0.2) is 34.0 Å². The number of aromatic nitrogens is 2. The van der Waals surface area contributed by atoms with Crippen LogP contribution >= 0.6 is 23.4 Å². The molecule has 2 aromatic carbocycles. The van der Waals surface area contributed by atoms with Crippen LogP contribution in [0.3, 0.4) is 0 Å². The smallest absolute Gasteiger partial charge is 0.162 e. The van der Waals surface area contributed by atoms with Crippen molar-refractivity contribution >= 4 is 29.2 Å². The van der Waals surface area contributed by atoms with E-state index in [4.69, 9.17) is 21.6 Å². The second-order valence-corrected chi connectivity index (χ2v) is 7.55. The summed E-state index contributed by atoms with van der Waals surface area (Å²) in [5.41, 5.74) is 4.12. The predicted octanol–water partition coefficient (Wildman–Crippen LogP) is 4.52. The zero-order valence-electron chi connectivity index (χ0n) is 14.1. The third-order valence-electron chi connectivity index (χ3n) is 4.27. The van der Waals surface area contributed by atoms with E-state index in [9.17, 15) is 5.11 Å². The Labute approximate surface area is 161 Å². The number of nitrogens with one attached hydrogen (secondary N) is 1. The number of hydrogen-bond donors (Lipinski definition) is 2. The van der Waals surface area contributed by atoms with Crippen molar-refractivity contribution in [3.63, 3.8) is 0 Å². The standard InChI is InChI=1S/C20H18ClN3OS/c21-14-7-5-13(6-8-14)19-23-18-15-3-1-2-4-17(15)26-12-9-16(18)20(24-19)22-10-11-25/h1-8,25H,9-12H2,(H,22,23,24). The van der Waals surface area contributed by atoms with E-state index in [1.54, 1.807) is 0 Å². The van der Waals surface area contributed by atoms with Crippen LogP contribution in [0.15, 0.2) is 53.4 Å². The second kappa shape index (κ2) is 7.66. The number of benzene rings is 2. The van der Waals surface area contributed by atoms with Gasteiger partial charge in [0, 0.05) is 38.9 Å².